The Kier molecular flexibility index (Phi) is 6.40. The zero-order valence-electron chi connectivity index (χ0n) is 17.2. The molecule has 0 unspecified atom stereocenters. The van der Waals surface area contributed by atoms with Gasteiger partial charge in [-0.05, 0) is 41.2 Å². The Morgan fingerprint density at radius 2 is 1.89 bits per heavy atom. The van der Waals surface area contributed by atoms with Crippen molar-refractivity contribution < 1.29 is 9.53 Å². The SMILES string of the molecule is CCc1cccc2c([C@H](CC(=O)NCC(C)C)c3ccc(OC)cc3)c[nH]c12. The summed E-state index contributed by atoms with van der Waals surface area (Å²) in [4.78, 5) is 16.1. The van der Waals surface area contributed by atoms with Crippen molar-refractivity contribution in [2.24, 2.45) is 5.92 Å². The number of para-hydroxylation sites is 1. The zero-order chi connectivity index (χ0) is 20.1. The summed E-state index contributed by atoms with van der Waals surface area (Å²) in [6.07, 6.45) is 3.45. The smallest absolute Gasteiger partial charge is 0.220 e. The molecule has 148 valence electrons. The summed E-state index contributed by atoms with van der Waals surface area (Å²) in [5, 5.41) is 4.26. The number of benzene rings is 2. The first kappa shape index (κ1) is 20.0. The molecule has 0 saturated carbocycles. The second-order valence-corrected chi connectivity index (χ2v) is 7.67. The molecule has 3 rings (SSSR count). The lowest BCUT2D eigenvalue weighted by atomic mass is 9.87. The van der Waals surface area contributed by atoms with Gasteiger partial charge in [0, 0.05) is 36.0 Å². The maximum absolute atomic E-state index is 12.7. The van der Waals surface area contributed by atoms with Crippen LogP contribution in [0.3, 0.4) is 0 Å². The average molecular weight is 379 g/mol. The summed E-state index contributed by atoms with van der Waals surface area (Å²) in [5.74, 6) is 1.32. The number of carbonyl (C=O) groups is 1. The van der Waals surface area contributed by atoms with Crippen LogP contribution in [-0.4, -0.2) is 24.5 Å². The van der Waals surface area contributed by atoms with Crippen molar-refractivity contribution in [2.45, 2.75) is 39.5 Å². The summed E-state index contributed by atoms with van der Waals surface area (Å²) in [6, 6.07) is 14.4. The molecule has 0 aliphatic heterocycles. The van der Waals surface area contributed by atoms with Crippen LogP contribution >= 0.6 is 0 Å². The number of hydrogen-bond donors (Lipinski definition) is 2. The fourth-order valence-corrected chi connectivity index (χ4v) is 3.64. The summed E-state index contributed by atoms with van der Waals surface area (Å²) < 4.78 is 5.30. The van der Waals surface area contributed by atoms with Gasteiger partial charge in [0.15, 0.2) is 0 Å². The number of aromatic nitrogens is 1. The molecule has 0 saturated heterocycles. The molecule has 0 fully saturated rings. The number of aryl methyl sites for hydroxylation is 1. The molecular formula is C24H30N2O2. The monoisotopic (exact) mass is 378 g/mol. The van der Waals surface area contributed by atoms with E-state index in [0.717, 1.165) is 23.3 Å². The third-order valence-electron chi connectivity index (χ3n) is 5.21. The van der Waals surface area contributed by atoms with E-state index in [1.165, 1.54) is 16.5 Å². The maximum atomic E-state index is 12.7. The van der Waals surface area contributed by atoms with E-state index in [1.807, 2.05) is 12.1 Å². The molecule has 4 heteroatoms. The van der Waals surface area contributed by atoms with Crippen LogP contribution < -0.4 is 10.1 Å². The topological polar surface area (TPSA) is 54.1 Å². The minimum Gasteiger partial charge on any atom is -0.497 e. The lowest BCUT2D eigenvalue weighted by molar-refractivity contribution is -0.121. The Morgan fingerprint density at radius 1 is 1.14 bits per heavy atom. The highest BCUT2D eigenvalue weighted by Gasteiger charge is 2.22. The van der Waals surface area contributed by atoms with Crippen molar-refractivity contribution in [3.63, 3.8) is 0 Å². The molecule has 0 aliphatic carbocycles. The number of amides is 1. The first-order chi connectivity index (χ1) is 13.5. The molecule has 0 aliphatic rings. The highest BCUT2D eigenvalue weighted by atomic mass is 16.5. The van der Waals surface area contributed by atoms with Crippen molar-refractivity contribution in [1.29, 1.82) is 0 Å². The molecule has 1 atom stereocenters. The number of nitrogens with one attached hydrogen (secondary N) is 2. The minimum absolute atomic E-state index is 0.0149. The van der Waals surface area contributed by atoms with Crippen LogP contribution in [-0.2, 0) is 11.2 Å². The van der Waals surface area contributed by atoms with Gasteiger partial charge in [-0.1, -0.05) is 51.1 Å². The van der Waals surface area contributed by atoms with Crippen LogP contribution in [0, 0.1) is 5.92 Å². The predicted molar refractivity (Wildman–Crippen MR) is 115 cm³/mol. The normalized spacial score (nSPS) is 12.3. The fraction of sp³-hybridized carbons (Fsp3) is 0.375. The largest absolute Gasteiger partial charge is 0.497 e. The average Bonchev–Trinajstić information content (AvgIpc) is 3.14. The van der Waals surface area contributed by atoms with E-state index < -0.39 is 0 Å². The first-order valence-corrected chi connectivity index (χ1v) is 10.0. The number of fused-ring (bicyclic) bond motifs is 1. The van der Waals surface area contributed by atoms with Crippen molar-refractivity contribution in [1.82, 2.24) is 10.3 Å². The maximum Gasteiger partial charge on any atom is 0.220 e. The van der Waals surface area contributed by atoms with E-state index >= 15 is 0 Å². The van der Waals surface area contributed by atoms with Gasteiger partial charge in [-0.25, -0.2) is 0 Å². The highest BCUT2D eigenvalue weighted by Crippen LogP contribution is 2.35. The first-order valence-electron chi connectivity index (χ1n) is 10.0. The van der Waals surface area contributed by atoms with E-state index in [2.05, 4.69) is 67.6 Å². The van der Waals surface area contributed by atoms with Crippen molar-refractivity contribution in [3.8, 4) is 5.75 Å². The third-order valence-corrected chi connectivity index (χ3v) is 5.21. The van der Waals surface area contributed by atoms with Gasteiger partial charge in [0.25, 0.3) is 0 Å². The minimum atomic E-state index is -0.0149. The Balaban J connectivity index is 1.99. The summed E-state index contributed by atoms with van der Waals surface area (Å²) >= 11 is 0. The number of hydrogen-bond acceptors (Lipinski definition) is 2. The van der Waals surface area contributed by atoms with Gasteiger partial charge in [-0.2, -0.15) is 0 Å². The number of methoxy groups -OCH3 is 1. The molecule has 2 aromatic carbocycles. The van der Waals surface area contributed by atoms with Gasteiger partial charge < -0.3 is 15.0 Å². The van der Waals surface area contributed by atoms with Crippen molar-refractivity contribution in [3.05, 3.63) is 65.4 Å². The highest BCUT2D eigenvalue weighted by molar-refractivity contribution is 5.88. The quantitative estimate of drug-likeness (QED) is 0.577. The van der Waals surface area contributed by atoms with Gasteiger partial charge in [-0.15, -0.1) is 0 Å². The lowest BCUT2D eigenvalue weighted by Gasteiger charge is -2.18. The summed E-state index contributed by atoms with van der Waals surface area (Å²) in [5.41, 5.74) is 4.74. The van der Waals surface area contributed by atoms with Gasteiger partial charge in [0.2, 0.25) is 5.91 Å². The van der Waals surface area contributed by atoms with Crippen LogP contribution in [0.4, 0.5) is 0 Å². The van der Waals surface area contributed by atoms with E-state index in [9.17, 15) is 4.79 Å². The van der Waals surface area contributed by atoms with Crippen LogP contribution in [0.15, 0.2) is 48.7 Å². The Morgan fingerprint density at radius 3 is 2.54 bits per heavy atom. The van der Waals surface area contributed by atoms with E-state index in [1.54, 1.807) is 7.11 Å². The second kappa shape index (κ2) is 8.96. The molecule has 1 heterocycles. The standard InChI is InChI=1S/C24H30N2O2/c1-5-17-7-6-8-20-22(15-26-24(17)20)21(13-23(27)25-14-16(2)3)18-9-11-19(28-4)12-10-18/h6-12,15-16,21,26H,5,13-14H2,1-4H3,(H,25,27)/t21-/m1/s1. The Hall–Kier alpha value is -2.75. The number of aromatic amines is 1. The van der Waals surface area contributed by atoms with Gasteiger partial charge in [0.05, 0.1) is 7.11 Å². The van der Waals surface area contributed by atoms with E-state index in [-0.39, 0.29) is 11.8 Å². The van der Waals surface area contributed by atoms with Crippen LogP contribution in [0.1, 0.15) is 49.8 Å². The van der Waals surface area contributed by atoms with Gasteiger partial charge in [0.1, 0.15) is 5.75 Å². The molecule has 3 aromatic rings. The molecule has 4 nitrogen and oxygen atoms in total. The van der Waals surface area contributed by atoms with E-state index in [4.69, 9.17) is 4.74 Å². The molecule has 2 N–H and O–H groups in total. The number of rotatable bonds is 8. The molecular weight excluding hydrogens is 348 g/mol. The molecule has 1 amide bonds. The number of H-pyrrole nitrogens is 1. The Labute approximate surface area is 167 Å². The summed E-state index contributed by atoms with van der Waals surface area (Å²) in [6.45, 7) is 7.07. The molecule has 0 radical (unpaired) electrons. The van der Waals surface area contributed by atoms with Crippen molar-refractivity contribution >= 4 is 16.8 Å². The van der Waals surface area contributed by atoms with Gasteiger partial charge >= 0.3 is 0 Å². The summed E-state index contributed by atoms with van der Waals surface area (Å²) in [7, 11) is 1.66. The zero-order valence-corrected chi connectivity index (χ0v) is 17.2. The molecule has 0 spiro atoms. The molecule has 1 aromatic heterocycles. The third kappa shape index (κ3) is 4.38. The van der Waals surface area contributed by atoms with Crippen molar-refractivity contribution in [2.75, 3.05) is 13.7 Å². The molecule has 28 heavy (non-hydrogen) atoms. The van der Waals surface area contributed by atoms with Gasteiger partial charge in [-0.3, -0.25) is 4.79 Å². The lowest BCUT2D eigenvalue weighted by Crippen LogP contribution is -2.28. The van der Waals surface area contributed by atoms with E-state index in [0.29, 0.717) is 18.9 Å². The second-order valence-electron chi connectivity index (χ2n) is 7.67. The van der Waals surface area contributed by atoms with Crippen LogP contribution in [0.2, 0.25) is 0 Å². The van der Waals surface area contributed by atoms with Crippen LogP contribution in [0.5, 0.6) is 5.75 Å². The number of ether oxygens (including phenoxy) is 1. The fourth-order valence-electron chi connectivity index (χ4n) is 3.64. The number of carbonyl (C=O) groups excluding carboxylic acids is 1. The Bertz CT molecular complexity index is 925. The van der Waals surface area contributed by atoms with Crippen LogP contribution in [0.25, 0.3) is 10.9 Å². The predicted octanol–water partition coefficient (Wildman–Crippen LogP) is 5.03. The molecule has 0 bridgehead atoms.